The lowest BCUT2D eigenvalue weighted by Crippen LogP contribution is -2.14. The minimum absolute atomic E-state index is 0.288. The highest BCUT2D eigenvalue weighted by atomic mass is 79.9. The van der Waals surface area contributed by atoms with Gasteiger partial charge in [0.25, 0.3) is 5.91 Å². The molecule has 0 saturated carbocycles. The van der Waals surface area contributed by atoms with Gasteiger partial charge in [-0.25, -0.2) is 0 Å². The molecule has 2 aromatic carbocycles. The van der Waals surface area contributed by atoms with Gasteiger partial charge in [-0.15, -0.1) is 0 Å². The van der Waals surface area contributed by atoms with Crippen LogP contribution in [0.15, 0.2) is 45.3 Å². The Labute approximate surface area is 133 Å². The quantitative estimate of drug-likeness (QED) is 0.765. The summed E-state index contributed by atoms with van der Waals surface area (Å²) in [5.74, 6) is 0.171. The molecule has 0 heterocycles. The fraction of sp³-hybridized carbons (Fsp3) is 0.0714. The molecular weight excluding hydrogens is 388 g/mol. The highest BCUT2D eigenvalue weighted by molar-refractivity contribution is 9.10. The second-order valence-electron chi connectivity index (χ2n) is 4.03. The Morgan fingerprint density at radius 3 is 2.40 bits per heavy atom. The summed E-state index contributed by atoms with van der Waals surface area (Å²) in [4.78, 5) is 12.3. The number of nitrogens with two attached hydrogens (primary N) is 1. The number of rotatable bonds is 3. The molecule has 6 heteroatoms. The Bertz CT molecular complexity index is 642. The number of nitrogens with one attached hydrogen (secondary N) is 1. The summed E-state index contributed by atoms with van der Waals surface area (Å²) >= 11 is 6.67. The number of hydrogen-bond donors (Lipinski definition) is 2. The number of ether oxygens (including phenoxy) is 1. The van der Waals surface area contributed by atoms with Crippen molar-refractivity contribution in [2.75, 3.05) is 18.2 Å². The molecule has 104 valence electrons. The van der Waals surface area contributed by atoms with E-state index in [2.05, 4.69) is 37.2 Å². The molecule has 2 rings (SSSR count). The molecule has 0 radical (unpaired) electrons. The number of amides is 1. The summed E-state index contributed by atoms with van der Waals surface area (Å²) in [6.45, 7) is 0. The van der Waals surface area contributed by atoms with Gasteiger partial charge in [-0.1, -0.05) is 31.9 Å². The smallest absolute Gasteiger partial charge is 0.257 e. The van der Waals surface area contributed by atoms with Crippen LogP contribution in [-0.2, 0) is 0 Å². The van der Waals surface area contributed by atoms with Crippen LogP contribution in [0.2, 0.25) is 0 Å². The zero-order chi connectivity index (χ0) is 14.7. The Kier molecular flexibility index (Phi) is 4.67. The largest absolute Gasteiger partial charge is 0.495 e. The standard InChI is InChI=1S/C14H12Br2N2O2/c1-20-12-7-9(16)6-11(13(12)17)14(19)18-10-4-2-8(15)3-5-10/h2-7H,17H2,1H3,(H,18,19). The highest BCUT2D eigenvalue weighted by Gasteiger charge is 2.15. The van der Waals surface area contributed by atoms with Crippen molar-refractivity contribution in [1.29, 1.82) is 0 Å². The molecule has 0 aromatic heterocycles. The Balaban J connectivity index is 2.29. The van der Waals surface area contributed by atoms with E-state index in [4.69, 9.17) is 10.5 Å². The molecule has 0 atom stereocenters. The number of hydrogen-bond acceptors (Lipinski definition) is 3. The molecule has 2 aromatic rings. The number of halogens is 2. The molecule has 0 aliphatic rings. The van der Waals surface area contributed by atoms with Gasteiger partial charge < -0.3 is 15.8 Å². The van der Waals surface area contributed by atoms with E-state index in [1.165, 1.54) is 7.11 Å². The first-order valence-electron chi connectivity index (χ1n) is 5.71. The van der Waals surface area contributed by atoms with Crippen molar-refractivity contribution in [3.8, 4) is 5.75 Å². The van der Waals surface area contributed by atoms with Crippen molar-refractivity contribution in [1.82, 2.24) is 0 Å². The molecular formula is C14H12Br2N2O2. The summed E-state index contributed by atoms with van der Waals surface area (Å²) in [5.41, 5.74) is 7.29. The maximum atomic E-state index is 12.3. The Morgan fingerprint density at radius 1 is 1.15 bits per heavy atom. The first-order valence-corrected chi connectivity index (χ1v) is 7.30. The minimum Gasteiger partial charge on any atom is -0.495 e. The van der Waals surface area contributed by atoms with Crippen LogP contribution in [0.25, 0.3) is 0 Å². The van der Waals surface area contributed by atoms with E-state index in [-0.39, 0.29) is 5.91 Å². The summed E-state index contributed by atoms with van der Waals surface area (Å²) in [5, 5.41) is 2.79. The Morgan fingerprint density at radius 2 is 1.80 bits per heavy atom. The highest BCUT2D eigenvalue weighted by Crippen LogP contribution is 2.30. The van der Waals surface area contributed by atoms with E-state index in [1.54, 1.807) is 24.3 Å². The lowest BCUT2D eigenvalue weighted by atomic mass is 10.1. The van der Waals surface area contributed by atoms with Crippen LogP contribution < -0.4 is 15.8 Å². The van der Waals surface area contributed by atoms with Crippen molar-refractivity contribution in [3.63, 3.8) is 0 Å². The number of methoxy groups -OCH3 is 1. The fourth-order valence-corrected chi connectivity index (χ4v) is 2.38. The van der Waals surface area contributed by atoms with Crippen molar-refractivity contribution in [2.45, 2.75) is 0 Å². The van der Waals surface area contributed by atoms with Crippen LogP contribution in [0.5, 0.6) is 5.75 Å². The average molecular weight is 400 g/mol. The topological polar surface area (TPSA) is 64.3 Å². The van der Waals surface area contributed by atoms with Crippen molar-refractivity contribution in [3.05, 3.63) is 50.9 Å². The van der Waals surface area contributed by atoms with E-state index in [0.717, 1.165) is 8.95 Å². The second kappa shape index (κ2) is 6.28. The van der Waals surface area contributed by atoms with Crippen LogP contribution in [-0.4, -0.2) is 13.0 Å². The molecule has 4 nitrogen and oxygen atoms in total. The van der Waals surface area contributed by atoms with Gasteiger partial charge in [0.05, 0.1) is 18.4 Å². The van der Waals surface area contributed by atoms with Gasteiger partial charge in [0.2, 0.25) is 0 Å². The third-order valence-electron chi connectivity index (χ3n) is 2.67. The van der Waals surface area contributed by atoms with Gasteiger partial charge in [-0.05, 0) is 36.4 Å². The van der Waals surface area contributed by atoms with Crippen molar-refractivity contribution >= 4 is 49.1 Å². The van der Waals surface area contributed by atoms with Crippen LogP contribution >= 0.6 is 31.9 Å². The van der Waals surface area contributed by atoms with Crippen molar-refractivity contribution < 1.29 is 9.53 Å². The monoisotopic (exact) mass is 398 g/mol. The molecule has 20 heavy (non-hydrogen) atoms. The summed E-state index contributed by atoms with van der Waals surface area (Å²) in [7, 11) is 1.51. The molecule has 0 spiro atoms. The van der Waals surface area contributed by atoms with Crippen LogP contribution in [0.4, 0.5) is 11.4 Å². The van der Waals surface area contributed by atoms with E-state index < -0.39 is 0 Å². The third kappa shape index (κ3) is 3.32. The maximum absolute atomic E-state index is 12.3. The first kappa shape index (κ1) is 14.9. The number of carbonyl (C=O) groups is 1. The molecule has 0 fully saturated rings. The summed E-state index contributed by atoms with van der Waals surface area (Å²) in [6.07, 6.45) is 0. The van der Waals surface area contributed by atoms with Gasteiger partial charge in [-0.3, -0.25) is 4.79 Å². The molecule has 0 saturated heterocycles. The normalized spacial score (nSPS) is 10.2. The van der Waals surface area contributed by atoms with Gasteiger partial charge in [0, 0.05) is 14.6 Å². The van der Waals surface area contributed by atoms with Crippen molar-refractivity contribution in [2.24, 2.45) is 0 Å². The van der Waals surface area contributed by atoms with Gasteiger partial charge in [-0.2, -0.15) is 0 Å². The third-order valence-corrected chi connectivity index (χ3v) is 3.66. The fourth-order valence-electron chi connectivity index (χ4n) is 1.68. The van der Waals surface area contributed by atoms with E-state index in [0.29, 0.717) is 22.7 Å². The maximum Gasteiger partial charge on any atom is 0.257 e. The zero-order valence-corrected chi connectivity index (χ0v) is 13.8. The summed E-state index contributed by atoms with van der Waals surface area (Å²) < 4.78 is 6.81. The lowest BCUT2D eigenvalue weighted by molar-refractivity contribution is 0.102. The average Bonchev–Trinajstić information content (AvgIpc) is 2.43. The molecule has 0 unspecified atom stereocenters. The first-order chi connectivity index (χ1) is 9.51. The van der Waals surface area contributed by atoms with E-state index in [9.17, 15) is 4.79 Å². The summed E-state index contributed by atoms with van der Waals surface area (Å²) in [6, 6.07) is 10.7. The second-order valence-corrected chi connectivity index (χ2v) is 5.86. The van der Waals surface area contributed by atoms with Gasteiger partial charge in [0.1, 0.15) is 5.75 Å². The molecule has 1 amide bonds. The van der Waals surface area contributed by atoms with Crippen LogP contribution in [0.3, 0.4) is 0 Å². The number of benzene rings is 2. The molecule has 0 aliphatic carbocycles. The molecule has 0 aliphatic heterocycles. The molecule has 3 N–H and O–H groups in total. The molecule has 0 bridgehead atoms. The number of carbonyl (C=O) groups excluding carboxylic acids is 1. The van der Waals surface area contributed by atoms with E-state index >= 15 is 0 Å². The lowest BCUT2D eigenvalue weighted by Gasteiger charge is -2.11. The van der Waals surface area contributed by atoms with Gasteiger partial charge >= 0.3 is 0 Å². The number of anilines is 2. The van der Waals surface area contributed by atoms with E-state index in [1.807, 2.05) is 12.1 Å². The number of nitrogen functional groups attached to an aromatic ring is 1. The Hall–Kier alpha value is -1.53. The minimum atomic E-state index is -0.288. The zero-order valence-electron chi connectivity index (χ0n) is 10.6. The van der Waals surface area contributed by atoms with Gasteiger partial charge in [0.15, 0.2) is 0 Å². The van der Waals surface area contributed by atoms with Crippen LogP contribution in [0, 0.1) is 0 Å². The SMILES string of the molecule is COc1cc(Br)cc(C(=O)Nc2ccc(Br)cc2)c1N. The van der Waals surface area contributed by atoms with Crippen LogP contribution in [0.1, 0.15) is 10.4 Å². The predicted octanol–water partition coefficient (Wildman–Crippen LogP) is 4.05. The predicted molar refractivity (Wildman–Crippen MR) is 87.2 cm³/mol.